The molecule has 7 nitrogen and oxygen atoms in total. The van der Waals surface area contributed by atoms with Crippen LogP contribution in [-0.4, -0.2) is 41.8 Å². The van der Waals surface area contributed by atoms with Gasteiger partial charge in [-0.15, -0.1) is 0 Å². The van der Waals surface area contributed by atoms with Crippen molar-refractivity contribution in [3.05, 3.63) is 45.4 Å². The highest BCUT2D eigenvalue weighted by Crippen LogP contribution is 2.28. The lowest BCUT2D eigenvalue weighted by atomic mass is 10.1. The molecule has 1 aliphatic heterocycles. The first kappa shape index (κ1) is 16.2. The van der Waals surface area contributed by atoms with Gasteiger partial charge in [0.1, 0.15) is 0 Å². The second-order valence-corrected chi connectivity index (χ2v) is 5.79. The smallest absolute Gasteiger partial charge is 0.267 e. The van der Waals surface area contributed by atoms with E-state index < -0.39 is 0 Å². The topological polar surface area (TPSA) is 87.4 Å². The number of aromatic nitrogens is 2. The lowest BCUT2D eigenvalue weighted by Gasteiger charge is -2.26. The van der Waals surface area contributed by atoms with Crippen LogP contribution in [0.4, 0.5) is 0 Å². The summed E-state index contributed by atoms with van der Waals surface area (Å²) in [7, 11) is 3.19. The first-order chi connectivity index (χ1) is 11.6. The first-order valence-corrected chi connectivity index (χ1v) is 7.89. The Kier molecular flexibility index (Phi) is 4.59. The van der Waals surface area contributed by atoms with Gasteiger partial charge >= 0.3 is 0 Å². The summed E-state index contributed by atoms with van der Waals surface area (Å²) in [4.78, 5) is 25.8. The third kappa shape index (κ3) is 3.15. The van der Waals surface area contributed by atoms with E-state index in [-0.39, 0.29) is 11.5 Å². The molecular formula is C17H21N3O4. The van der Waals surface area contributed by atoms with Crippen LogP contribution >= 0.6 is 0 Å². The third-order valence-corrected chi connectivity index (χ3v) is 4.37. The number of fused-ring (bicyclic) bond motifs is 1. The number of carbonyl (C=O) groups excluding carboxylic acids is 1. The van der Waals surface area contributed by atoms with Crippen LogP contribution in [0.1, 0.15) is 23.2 Å². The van der Waals surface area contributed by atoms with Gasteiger partial charge < -0.3 is 19.5 Å². The highest BCUT2D eigenvalue weighted by molar-refractivity contribution is 5.76. The summed E-state index contributed by atoms with van der Waals surface area (Å²) in [5.41, 5.74) is 2.51. The molecule has 0 spiro atoms. The standard InChI is InChI=1S/C17H21N3O4/c1-23-14-5-3-11(9-15(14)24-2)4-6-16(21)20-8-7-12-13(10-20)18-19-17(12)22/h3,5,9H,4,6-8,10H2,1-2H3,(H2,18,19,22). The van der Waals surface area contributed by atoms with Crippen LogP contribution in [0.15, 0.2) is 23.0 Å². The van der Waals surface area contributed by atoms with Gasteiger partial charge in [0.05, 0.1) is 26.5 Å². The molecule has 0 atom stereocenters. The van der Waals surface area contributed by atoms with Gasteiger partial charge in [-0.2, -0.15) is 0 Å². The number of ether oxygens (including phenoxy) is 2. The third-order valence-electron chi connectivity index (χ3n) is 4.37. The fourth-order valence-electron chi connectivity index (χ4n) is 2.99. The molecule has 0 aliphatic carbocycles. The van der Waals surface area contributed by atoms with E-state index in [9.17, 15) is 9.59 Å². The van der Waals surface area contributed by atoms with Crippen molar-refractivity contribution >= 4 is 5.91 Å². The number of benzene rings is 1. The Morgan fingerprint density at radius 1 is 1.21 bits per heavy atom. The molecule has 0 fully saturated rings. The van der Waals surface area contributed by atoms with Gasteiger partial charge in [0.25, 0.3) is 5.56 Å². The van der Waals surface area contributed by atoms with Crippen LogP contribution in [-0.2, 0) is 24.2 Å². The summed E-state index contributed by atoms with van der Waals surface area (Å²) in [6.07, 6.45) is 1.64. The first-order valence-electron chi connectivity index (χ1n) is 7.89. The zero-order chi connectivity index (χ0) is 17.1. The Morgan fingerprint density at radius 3 is 2.75 bits per heavy atom. The van der Waals surface area contributed by atoms with E-state index in [2.05, 4.69) is 10.2 Å². The van der Waals surface area contributed by atoms with E-state index in [0.29, 0.717) is 43.9 Å². The Hall–Kier alpha value is -2.70. The summed E-state index contributed by atoms with van der Waals surface area (Å²) in [6, 6.07) is 5.67. The van der Waals surface area contributed by atoms with E-state index in [0.717, 1.165) is 16.8 Å². The Morgan fingerprint density at radius 2 is 2.00 bits per heavy atom. The average Bonchev–Trinajstić information content (AvgIpc) is 2.99. The summed E-state index contributed by atoms with van der Waals surface area (Å²) >= 11 is 0. The fraction of sp³-hybridized carbons (Fsp3) is 0.412. The Balaban J connectivity index is 1.61. The van der Waals surface area contributed by atoms with E-state index >= 15 is 0 Å². The van der Waals surface area contributed by atoms with Crippen molar-refractivity contribution < 1.29 is 14.3 Å². The number of amides is 1. The molecule has 0 bridgehead atoms. The minimum absolute atomic E-state index is 0.0810. The number of rotatable bonds is 5. The maximum Gasteiger partial charge on any atom is 0.267 e. The number of nitrogens with one attached hydrogen (secondary N) is 2. The summed E-state index contributed by atoms with van der Waals surface area (Å²) < 4.78 is 10.5. The molecule has 0 saturated carbocycles. The Labute approximate surface area is 139 Å². The van der Waals surface area contributed by atoms with Gasteiger partial charge in [-0.25, -0.2) is 0 Å². The minimum atomic E-state index is -0.0811. The van der Waals surface area contributed by atoms with Crippen molar-refractivity contribution in [2.24, 2.45) is 0 Å². The fourth-order valence-corrected chi connectivity index (χ4v) is 2.99. The van der Waals surface area contributed by atoms with Gasteiger partial charge in [-0.3, -0.25) is 14.7 Å². The van der Waals surface area contributed by atoms with Gasteiger partial charge in [0.2, 0.25) is 5.91 Å². The molecule has 0 saturated heterocycles. The molecule has 2 N–H and O–H groups in total. The molecule has 1 amide bonds. The number of methoxy groups -OCH3 is 2. The van der Waals surface area contributed by atoms with Gasteiger partial charge in [-0.1, -0.05) is 6.07 Å². The number of hydrogen-bond acceptors (Lipinski definition) is 4. The van der Waals surface area contributed by atoms with E-state index in [1.54, 1.807) is 19.1 Å². The lowest BCUT2D eigenvalue weighted by molar-refractivity contribution is -0.132. The number of aryl methyl sites for hydroxylation is 1. The van der Waals surface area contributed by atoms with Gasteiger partial charge in [0, 0.05) is 18.5 Å². The largest absolute Gasteiger partial charge is 0.493 e. The highest BCUT2D eigenvalue weighted by atomic mass is 16.5. The van der Waals surface area contributed by atoms with E-state index in [1.807, 2.05) is 18.2 Å². The number of H-pyrrole nitrogens is 2. The Bertz CT molecular complexity index is 793. The van der Waals surface area contributed by atoms with Crippen molar-refractivity contribution in [2.75, 3.05) is 20.8 Å². The van der Waals surface area contributed by atoms with Crippen molar-refractivity contribution in [3.63, 3.8) is 0 Å². The molecule has 0 radical (unpaired) electrons. The van der Waals surface area contributed by atoms with Crippen LogP contribution in [0.2, 0.25) is 0 Å². The second kappa shape index (κ2) is 6.82. The average molecular weight is 331 g/mol. The number of carbonyl (C=O) groups is 1. The van der Waals surface area contributed by atoms with Crippen molar-refractivity contribution in [3.8, 4) is 11.5 Å². The predicted molar refractivity (Wildman–Crippen MR) is 88.4 cm³/mol. The zero-order valence-corrected chi connectivity index (χ0v) is 13.8. The molecule has 24 heavy (non-hydrogen) atoms. The zero-order valence-electron chi connectivity index (χ0n) is 13.8. The van der Waals surface area contributed by atoms with Gasteiger partial charge in [-0.05, 0) is 30.5 Å². The van der Waals surface area contributed by atoms with Crippen LogP contribution in [0.25, 0.3) is 0 Å². The van der Waals surface area contributed by atoms with Crippen LogP contribution in [0, 0.1) is 0 Å². The van der Waals surface area contributed by atoms with Crippen molar-refractivity contribution in [1.82, 2.24) is 15.1 Å². The predicted octanol–water partition coefficient (Wildman–Crippen LogP) is 1.24. The molecule has 128 valence electrons. The maximum atomic E-state index is 12.4. The van der Waals surface area contributed by atoms with Crippen LogP contribution in [0.5, 0.6) is 11.5 Å². The minimum Gasteiger partial charge on any atom is -0.493 e. The SMILES string of the molecule is COc1ccc(CCC(=O)N2CCc3c([nH][nH]c3=O)C2)cc1OC. The second-order valence-electron chi connectivity index (χ2n) is 5.79. The van der Waals surface area contributed by atoms with Crippen LogP contribution in [0.3, 0.4) is 0 Å². The maximum absolute atomic E-state index is 12.4. The molecule has 2 aromatic rings. The summed E-state index contributed by atoms with van der Waals surface area (Å²) in [5, 5.41) is 5.43. The van der Waals surface area contributed by atoms with Gasteiger partial charge in [0.15, 0.2) is 11.5 Å². The number of nitrogens with zero attached hydrogens (tertiary/aromatic N) is 1. The lowest BCUT2D eigenvalue weighted by Crippen LogP contribution is -2.37. The molecule has 3 rings (SSSR count). The molecule has 1 aliphatic rings. The number of aromatic amines is 2. The van der Waals surface area contributed by atoms with Crippen molar-refractivity contribution in [1.29, 1.82) is 0 Å². The normalized spacial score (nSPS) is 13.5. The molecule has 1 aromatic carbocycles. The van der Waals surface area contributed by atoms with Crippen molar-refractivity contribution in [2.45, 2.75) is 25.8 Å². The summed E-state index contributed by atoms with van der Waals surface area (Å²) in [5.74, 6) is 1.42. The van der Waals surface area contributed by atoms with E-state index in [1.165, 1.54) is 0 Å². The quantitative estimate of drug-likeness (QED) is 0.863. The summed E-state index contributed by atoms with van der Waals surface area (Å²) in [6.45, 7) is 1.04. The molecule has 2 heterocycles. The molecular weight excluding hydrogens is 310 g/mol. The van der Waals surface area contributed by atoms with E-state index in [4.69, 9.17) is 9.47 Å². The van der Waals surface area contributed by atoms with Crippen LogP contribution < -0.4 is 15.0 Å². The molecule has 0 unspecified atom stereocenters. The highest BCUT2D eigenvalue weighted by Gasteiger charge is 2.23. The molecule has 7 heteroatoms. The molecule has 1 aromatic heterocycles. The monoisotopic (exact) mass is 331 g/mol. The number of hydrogen-bond donors (Lipinski definition) is 2.